The Hall–Kier alpha value is -1.33. The average molecular weight is 335 g/mol. The van der Waals surface area contributed by atoms with Crippen LogP contribution in [-0.2, 0) is 17.6 Å². The van der Waals surface area contributed by atoms with Gasteiger partial charge in [0.1, 0.15) is 6.61 Å². The molecule has 1 saturated heterocycles. The summed E-state index contributed by atoms with van der Waals surface area (Å²) >= 11 is 0. The quantitative estimate of drug-likeness (QED) is 0.857. The van der Waals surface area contributed by atoms with Gasteiger partial charge in [-0.05, 0) is 49.3 Å². The number of rotatable bonds is 4. The molecule has 5 heteroatoms. The Morgan fingerprint density at radius 1 is 1.30 bits per heavy atom. The van der Waals surface area contributed by atoms with Gasteiger partial charge in [0.05, 0.1) is 5.41 Å². The fourth-order valence-electron chi connectivity index (χ4n) is 3.90. The van der Waals surface area contributed by atoms with Crippen LogP contribution in [0.5, 0.6) is 0 Å². The number of carbonyl (C=O) groups excluding carboxylic acids is 2. The van der Waals surface area contributed by atoms with Gasteiger partial charge in [-0.3, -0.25) is 9.59 Å². The number of ketones is 1. The number of likely N-dealkylation sites (tertiary alicyclic amines) is 1. The summed E-state index contributed by atoms with van der Waals surface area (Å²) in [4.78, 5) is 26.5. The van der Waals surface area contributed by atoms with Gasteiger partial charge < -0.3 is 10.0 Å². The summed E-state index contributed by atoms with van der Waals surface area (Å²) in [5.74, 6) is 0.0340. The molecule has 4 nitrogen and oxygen atoms in total. The van der Waals surface area contributed by atoms with Crippen molar-refractivity contribution in [1.82, 2.24) is 4.90 Å². The lowest BCUT2D eigenvalue weighted by atomic mass is 9.70. The number of nitrogens with zero attached hydrogens (tertiary/aromatic N) is 1. The van der Waals surface area contributed by atoms with Crippen LogP contribution in [0.25, 0.3) is 0 Å². The molecule has 0 unspecified atom stereocenters. The maximum atomic E-state index is 12.8. The van der Waals surface area contributed by atoms with E-state index in [-0.39, 0.29) is 24.7 Å². The van der Waals surface area contributed by atoms with Crippen molar-refractivity contribution in [2.45, 2.75) is 39.0 Å². The van der Waals surface area contributed by atoms with Crippen LogP contribution in [0.15, 0.2) is 18.2 Å². The van der Waals surface area contributed by atoms with Gasteiger partial charge in [0.25, 0.3) is 0 Å². The summed E-state index contributed by atoms with van der Waals surface area (Å²) in [6.45, 7) is 3.34. The Bertz CT molecular complexity index is 616. The molecular formula is C18H25NO3S. The third-order valence-corrected chi connectivity index (χ3v) is 5.17. The molecule has 23 heavy (non-hydrogen) atoms. The first-order valence-corrected chi connectivity index (χ1v) is 8.15. The van der Waals surface area contributed by atoms with Crippen LogP contribution in [0, 0.1) is 5.41 Å². The van der Waals surface area contributed by atoms with Crippen molar-refractivity contribution in [2.24, 2.45) is 5.41 Å². The molecule has 0 radical (unpaired) electrons. The molecule has 2 aliphatic rings. The van der Waals surface area contributed by atoms with Gasteiger partial charge in [0, 0.05) is 18.7 Å². The largest absolute Gasteiger partial charge is 0.388 e. The Morgan fingerprint density at radius 2 is 2.09 bits per heavy atom. The predicted molar refractivity (Wildman–Crippen MR) is 94.2 cm³/mol. The number of aryl methyl sites for hydroxylation is 1. The number of Topliss-reactive ketones (excluding diaryl/α,β-unsaturated/α-hetero) is 1. The smallest absolute Gasteiger partial charge is 0.229 e. The average Bonchev–Trinajstić information content (AvgIpc) is 2.83. The van der Waals surface area contributed by atoms with E-state index in [0.717, 1.165) is 50.8 Å². The topological polar surface area (TPSA) is 57.6 Å². The van der Waals surface area contributed by atoms with Crippen molar-refractivity contribution >= 4 is 25.2 Å². The second-order valence-corrected chi connectivity index (χ2v) is 6.56. The summed E-state index contributed by atoms with van der Waals surface area (Å²) in [5, 5.41) is 9.02. The van der Waals surface area contributed by atoms with E-state index in [1.54, 1.807) is 6.07 Å². The second-order valence-electron chi connectivity index (χ2n) is 6.56. The maximum absolute atomic E-state index is 12.8. The van der Waals surface area contributed by atoms with Crippen molar-refractivity contribution in [3.05, 3.63) is 34.9 Å². The van der Waals surface area contributed by atoms with Crippen molar-refractivity contribution in [3.63, 3.8) is 0 Å². The van der Waals surface area contributed by atoms with Crippen LogP contribution in [0.2, 0.25) is 0 Å². The van der Waals surface area contributed by atoms with E-state index in [2.05, 4.69) is 6.92 Å². The molecule has 1 aliphatic carbocycles. The molecule has 1 heterocycles. The van der Waals surface area contributed by atoms with Gasteiger partial charge in [-0.1, -0.05) is 19.1 Å². The lowest BCUT2D eigenvalue weighted by molar-refractivity contribution is -0.136. The van der Waals surface area contributed by atoms with Crippen molar-refractivity contribution in [2.75, 3.05) is 19.7 Å². The highest BCUT2D eigenvalue weighted by Crippen LogP contribution is 2.43. The summed E-state index contributed by atoms with van der Waals surface area (Å²) in [7, 11) is 0. The predicted octanol–water partition coefficient (Wildman–Crippen LogP) is 2.09. The molecule has 1 aliphatic heterocycles. The minimum Gasteiger partial charge on any atom is -0.388 e. The normalized spacial score (nSPS) is 22.9. The number of aliphatic hydroxyl groups excluding tert-OH is 1. The number of carbonyl (C=O) groups is 2. The molecule has 0 aromatic heterocycles. The number of hydrogen-bond donors (Lipinski definition) is 1. The van der Waals surface area contributed by atoms with Gasteiger partial charge in [0.15, 0.2) is 5.78 Å². The molecule has 1 amide bonds. The van der Waals surface area contributed by atoms with Gasteiger partial charge in [-0.2, -0.15) is 13.5 Å². The fraction of sp³-hybridized carbons (Fsp3) is 0.556. The number of benzene rings is 1. The Balaban J connectivity index is 0.00000192. The van der Waals surface area contributed by atoms with Crippen molar-refractivity contribution in [1.29, 1.82) is 0 Å². The molecule has 3 rings (SSSR count). The molecule has 0 saturated carbocycles. The third kappa shape index (κ3) is 3.17. The van der Waals surface area contributed by atoms with Crippen LogP contribution in [0.4, 0.5) is 0 Å². The SMILES string of the molecule is CCCN1CC[C@@]2(CCc3ccc(C(=O)CO)cc3C2)C1=O.S. The summed E-state index contributed by atoms with van der Waals surface area (Å²) in [5.41, 5.74) is 2.64. The van der Waals surface area contributed by atoms with E-state index in [1.165, 1.54) is 5.56 Å². The van der Waals surface area contributed by atoms with Crippen LogP contribution in [0.1, 0.15) is 47.7 Å². The minimum absolute atomic E-state index is 0. The highest BCUT2D eigenvalue weighted by atomic mass is 32.1. The van der Waals surface area contributed by atoms with Gasteiger partial charge in [-0.15, -0.1) is 0 Å². The molecule has 1 aromatic carbocycles. The first-order valence-electron chi connectivity index (χ1n) is 8.15. The van der Waals surface area contributed by atoms with Crippen LogP contribution in [-0.4, -0.2) is 41.4 Å². The Morgan fingerprint density at radius 3 is 2.78 bits per heavy atom. The van der Waals surface area contributed by atoms with E-state index >= 15 is 0 Å². The third-order valence-electron chi connectivity index (χ3n) is 5.17. The van der Waals surface area contributed by atoms with E-state index < -0.39 is 6.61 Å². The highest BCUT2D eigenvalue weighted by Gasteiger charge is 2.47. The summed E-state index contributed by atoms with van der Waals surface area (Å²) in [6.07, 6.45) is 4.45. The molecule has 126 valence electrons. The van der Waals surface area contributed by atoms with E-state index in [9.17, 15) is 9.59 Å². The van der Waals surface area contributed by atoms with Crippen LogP contribution < -0.4 is 0 Å². The van der Waals surface area contributed by atoms with E-state index in [0.29, 0.717) is 11.5 Å². The van der Waals surface area contributed by atoms with Gasteiger partial charge in [-0.25, -0.2) is 0 Å². The molecular weight excluding hydrogens is 310 g/mol. The maximum Gasteiger partial charge on any atom is 0.229 e. The van der Waals surface area contributed by atoms with E-state index in [4.69, 9.17) is 5.11 Å². The highest BCUT2D eigenvalue weighted by molar-refractivity contribution is 7.59. The zero-order valence-electron chi connectivity index (χ0n) is 13.6. The fourth-order valence-corrected chi connectivity index (χ4v) is 3.90. The summed E-state index contributed by atoms with van der Waals surface area (Å²) in [6, 6.07) is 5.65. The number of hydrogen-bond acceptors (Lipinski definition) is 3. The first kappa shape index (κ1) is 18.0. The molecule has 1 fully saturated rings. The number of aliphatic hydroxyl groups is 1. The Kier molecular flexibility index (Phi) is 5.53. The first-order chi connectivity index (χ1) is 10.6. The number of amides is 1. The van der Waals surface area contributed by atoms with Gasteiger partial charge in [0.2, 0.25) is 5.91 Å². The van der Waals surface area contributed by atoms with E-state index in [1.807, 2.05) is 17.0 Å². The molecule has 1 atom stereocenters. The van der Waals surface area contributed by atoms with Crippen LogP contribution in [0.3, 0.4) is 0 Å². The molecule has 1 aromatic rings. The Labute approximate surface area is 144 Å². The zero-order chi connectivity index (χ0) is 15.7. The lowest BCUT2D eigenvalue weighted by Crippen LogP contribution is -2.39. The standard InChI is InChI=1S/C18H23NO3.H2S/c1-2-8-19-9-7-18(17(19)22)6-5-13-3-4-14(16(21)12-20)10-15(13)11-18;/h3-4,10,20H,2,5-9,11-12H2,1H3;1H2/t18-;/m1./s1. The lowest BCUT2D eigenvalue weighted by Gasteiger charge is -2.33. The van der Waals surface area contributed by atoms with Crippen LogP contribution >= 0.6 is 13.5 Å². The molecule has 0 bridgehead atoms. The second kappa shape index (κ2) is 7.05. The number of fused-ring (bicyclic) bond motifs is 1. The molecule has 1 spiro atoms. The monoisotopic (exact) mass is 335 g/mol. The minimum atomic E-state index is -0.465. The summed E-state index contributed by atoms with van der Waals surface area (Å²) < 4.78 is 0. The van der Waals surface area contributed by atoms with Gasteiger partial charge >= 0.3 is 0 Å². The van der Waals surface area contributed by atoms with Crippen molar-refractivity contribution in [3.8, 4) is 0 Å². The molecule has 1 N–H and O–H groups in total. The van der Waals surface area contributed by atoms with Crippen molar-refractivity contribution < 1.29 is 14.7 Å². The zero-order valence-corrected chi connectivity index (χ0v) is 14.6.